The number of hydrogen-bond donors (Lipinski definition) is 2. The maximum atomic E-state index is 10.7. The number of rotatable bonds is 2. The summed E-state index contributed by atoms with van der Waals surface area (Å²) in [5.74, 6) is 0.603. The summed E-state index contributed by atoms with van der Waals surface area (Å²) >= 11 is 0. The first-order valence-corrected chi connectivity index (χ1v) is 3.62. The van der Waals surface area contributed by atoms with Gasteiger partial charge >= 0.3 is 0 Å². The Kier molecular flexibility index (Phi) is 1.95. The van der Waals surface area contributed by atoms with E-state index in [9.17, 15) is 4.79 Å². The number of carbonyl (C=O) groups is 1. The number of carbonyl (C=O) groups excluding carboxylic acids is 1. The van der Waals surface area contributed by atoms with E-state index in [-0.39, 0.29) is 11.3 Å². The summed E-state index contributed by atoms with van der Waals surface area (Å²) < 4.78 is 0. The van der Waals surface area contributed by atoms with Crippen LogP contribution in [0.1, 0.15) is 13.8 Å². The van der Waals surface area contributed by atoms with Gasteiger partial charge in [0.25, 0.3) is 5.91 Å². The van der Waals surface area contributed by atoms with E-state index in [1.54, 1.807) is 0 Å². The van der Waals surface area contributed by atoms with Gasteiger partial charge in [-0.05, 0) is 0 Å². The van der Waals surface area contributed by atoms with Crippen molar-refractivity contribution in [1.82, 2.24) is 5.32 Å². The van der Waals surface area contributed by atoms with Gasteiger partial charge in [-0.15, -0.1) is 0 Å². The van der Waals surface area contributed by atoms with Gasteiger partial charge in [0, 0.05) is 12.0 Å². The zero-order valence-electron chi connectivity index (χ0n) is 6.85. The second-order valence-corrected chi connectivity index (χ2v) is 3.30. The number of nitrogens with two attached hydrogens (primary N) is 1. The molecular weight excluding hydrogens is 142 g/mol. The summed E-state index contributed by atoms with van der Waals surface area (Å²) in [6.45, 7) is 4.72. The molecule has 0 fully saturated rings. The standard InChI is InChI=1S/C7H13N3O/c1-7(2,4-8)6-9-3-5(11)10-6/h3-4,8H2,1-2H3,(H,9,10,11). The first-order valence-electron chi connectivity index (χ1n) is 3.62. The van der Waals surface area contributed by atoms with Gasteiger partial charge in [0.15, 0.2) is 0 Å². The Labute approximate surface area is 65.9 Å². The maximum absolute atomic E-state index is 10.7. The van der Waals surface area contributed by atoms with Crippen LogP contribution in [0.3, 0.4) is 0 Å². The average Bonchev–Trinajstić information content (AvgIpc) is 2.36. The fraction of sp³-hybridized carbons (Fsp3) is 0.714. The molecule has 3 N–H and O–H groups in total. The molecule has 1 aliphatic rings. The van der Waals surface area contributed by atoms with Crippen LogP contribution in [0.4, 0.5) is 0 Å². The minimum absolute atomic E-state index is 0.110. The quantitative estimate of drug-likeness (QED) is 0.565. The summed E-state index contributed by atoms with van der Waals surface area (Å²) in [6, 6.07) is 0. The number of nitrogens with one attached hydrogen (secondary N) is 1. The van der Waals surface area contributed by atoms with Crippen molar-refractivity contribution < 1.29 is 4.79 Å². The van der Waals surface area contributed by atoms with Crippen LogP contribution in [0.25, 0.3) is 0 Å². The van der Waals surface area contributed by atoms with Crippen molar-refractivity contribution in [2.45, 2.75) is 13.8 Å². The van der Waals surface area contributed by atoms with Crippen molar-refractivity contribution >= 4 is 11.7 Å². The molecule has 0 saturated carbocycles. The Morgan fingerprint density at radius 3 is 2.73 bits per heavy atom. The fourth-order valence-corrected chi connectivity index (χ4v) is 0.850. The smallest absolute Gasteiger partial charge is 0.266 e. The molecule has 4 nitrogen and oxygen atoms in total. The number of amidine groups is 1. The van der Waals surface area contributed by atoms with Gasteiger partial charge < -0.3 is 11.1 Å². The van der Waals surface area contributed by atoms with Gasteiger partial charge in [-0.3, -0.25) is 4.79 Å². The number of nitrogens with zero attached hydrogens (tertiary/aromatic N) is 1. The molecule has 0 bridgehead atoms. The Hall–Kier alpha value is -0.900. The highest BCUT2D eigenvalue weighted by molar-refractivity contribution is 6.04. The Balaban J connectivity index is 2.76. The predicted molar refractivity (Wildman–Crippen MR) is 43.3 cm³/mol. The molecule has 0 aromatic rings. The lowest BCUT2D eigenvalue weighted by molar-refractivity contribution is -0.116. The Morgan fingerprint density at radius 1 is 1.73 bits per heavy atom. The Morgan fingerprint density at radius 2 is 2.36 bits per heavy atom. The summed E-state index contributed by atoms with van der Waals surface area (Å²) in [4.78, 5) is 14.5. The maximum Gasteiger partial charge on any atom is 0.266 e. The Bertz CT molecular complexity index is 208. The molecule has 4 heteroatoms. The molecule has 0 atom stereocenters. The van der Waals surface area contributed by atoms with Gasteiger partial charge in [0.2, 0.25) is 0 Å². The third-order valence-electron chi connectivity index (χ3n) is 1.79. The summed E-state index contributed by atoms with van der Waals surface area (Å²) in [7, 11) is 0. The molecule has 1 amide bonds. The molecule has 0 unspecified atom stereocenters. The van der Waals surface area contributed by atoms with Crippen LogP contribution in [0.15, 0.2) is 4.99 Å². The van der Waals surface area contributed by atoms with E-state index in [0.29, 0.717) is 18.9 Å². The predicted octanol–water partition coefficient (Wildman–Crippen LogP) is -0.500. The third kappa shape index (κ3) is 1.57. The van der Waals surface area contributed by atoms with Crippen LogP contribution in [-0.4, -0.2) is 24.8 Å². The van der Waals surface area contributed by atoms with E-state index in [4.69, 9.17) is 5.73 Å². The lowest BCUT2D eigenvalue weighted by Gasteiger charge is -2.21. The molecule has 1 aliphatic heterocycles. The highest BCUT2D eigenvalue weighted by Gasteiger charge is 2.27. The summed E-state index contributed by atoms with van der Waals surface area (Å²) in [5, 5.41) is 2.92. The molecule has 0 radical (unpaired) electrons. The van der Waals surface area contributed by atoms with E-state index >= 15 is 0 Å². The molecular formula is C7H13N3O. The van der Waals surface area contributed by atoms with E-state index < -0.39 is 0 Å². The van der Waals surface area contributed by atoms with Gasteiger partial charge in [0.1, 0.15) is 5.84 Å². The second kappa shape index (κ2) is 2.62. The van der Waals surface area contributed by atoms with Crippen LogP contribution in [0.2, 0.25) is 0 Å². The van der Waals surface area contributed by atoms with Crippen LogP contribution in [0, 0.1) is 5.41 Å². The minimum Gasteiger partial charge on any atom is -0.364 e. The van der Waals surface area contributed by atoms with Crippen LogP contribution in [-0.2, 0) is 4.79 Å². The molecule has 1 heterocycles. The van der Waals surface area contributed by atoms with E-state index in [1.165, 1.54) is 0 Å². The molecule has 0 saturated heterocycles. The molecule has 0 aromatic carbocycles. The first-order chi connectivity index (χ1) is 5.06. The first kappa shape index (κ1) is 8.20. The van der Waals surface area contributed by atoms with Crippen LogP contribution < -0.4 is 11.1 Å². The molecule has 62 valence electrons. The largest absolute Gasteiger partial charge is 0.364 e. The van der Waals surface area contributed by atoms with E-state index in [2.05, 4.69) is 10.3 Å². The highest BCUT2D eigenvalue weighted by Crippen LogP contribution is 2.15. The van der Waals surface area contributed by atoms with Gasteiger partial charge in [0.05, 0.1) is 6.54 Å². The lowest BCUT2D eigenvalue weighted by Crippen LogP contribution is -2.39. The summed E-state index contributed by atoms with van der Waals surface area (Å²) in [6.07, 6.45) is 0. The molecule has 1 rings (SSSR count). The zero-order valence-corrected chi connectivity index (χ0v) is 6.85. The monoisotopic (exact) mass is 155 g/mol. The van der Waals surface area contributed by atoms with E-state index in [1.807, 2.05) is 13.8 Å². The lowest BCUT2D eigenvalue weighted by atomic mass is 9.92. The van der Waals surface area contributed by atoms with Gasteiger partial charge in [-0.2, -0.15) is 4.99 Å². The highest BCUT2D eigenvalue weighted by atomic mass is 16.1. The fourth-order valence-electron chi connectivity index (χ4n) is 0.850. The van der Waals surface area contributed by atoms with Gasteiger partial charge in [-0.1, -0.05) is 13.8 Å². The molecule has 0 aliphatic carbocycles. The normalized spacial score (nSPS) is 18.1. The second-order valence-electron chi connectivity index (χ2n) is 3.30. The minimum atomic E-state index is -0.202. The van der Waals surface area contributed by atoms with Crippen LogP contribution in [0.5, 0.6) is 0 Å². The van der Waals surface area contributed by atoms with Gasteiger partial charge in [-0.25, -0.2) is 0 Å². The number of aliphatic imine (C=N–C) groups is 1. The molecule has 11 heavy (non-hydrogen) atoms. The third-order valence-corrected chi connectivity index (χ3v) is 1.79. The van der Waals surface area contributed by atoms with Crippen molar-refractivity contribution in [3.8, 4) is 0 Å². The van der Waals surface area contributed by atoms with Crippen molar-refractivity contribution in [3.63, 3.8) is 0 Å². The van der Waals surface area contributed by atoms with E-state index in [0.717, 1.165) is 0 Å². The number of hydrogen-bond acceptors (Lipinski definition) is 3. The van der Waals surface area contributed by atoms with Crippen molar-refractivity contribution in [2.75, 3.05) is 13.1 Å². The average molecular weight is 155 g/mol. The molecule has 0 spiro atoms. The van der Waals surface area contributed by atoms with Crippen molar-refractivity contribution in [1.29, 1.82) is 0 Å². The van der Waals surface area contributed by atoms with Crippen LogP contribution >= 0.6 is 0 Å². The summed E-state index contributed by atoms with van der Waals surface area (Å²) in [5.41, 5.74) is 5.30. The van der Waals surface area contributed by atoms with Crippen molar-refractivity contribution in [2.24, 2.45) is 16.1 Å². The molecule has 0 aromatic heterocycles. The SMILES string of the molecule is CC(C)(CN)C1=NC(=O)CN1. The topological polar surface area (TPSA) is 67.5 Å². The zero-order chi connectivity index (χ0) is 8.48. The van der Waals surface area contributed by atoms with Crippen molar-refractivity contribution in [3.05, 3.63) is 0 Å². The number of amides is 1.